The molecule has 5 heteroatoms. The number of methoxy groups -OCH3 is 2. The summed E-state index contributed by atoms with van der Waals surface area (Å²) >= 11 is 0. The van der Waals surface area contributed by atoms with E-state index in [1.165, 1.54) is 11.1 Å². The van der Waals surface area contributed by atoms with Gasteiger partial charge in [-0.25, -0.2) is 0 Å². The van der Waals surface area contributed by atoms with Crippen molar-refractivity contribution < 1.29 is 18.9 Å². The van der Waals surface area contributed by atoms with Gasteiger partial charge in [-0.3, -0.25) is 0 Å². The van der Waals surface area contributed by atoms with Crippen molar-refractivity contribution in [3.63, 3.8) is 0 Å². The fourth-order valence-corrected chi connectivity index (χ4v) is 3.72. The molecule has 0 bridgehead atoms. The molecule has 1 atom stereocenters. The Bertz CT molecular complexity index is 1030. The Labute approximate surface area is 183 Å². The molecule has 1 aliphatic rings. The molecule has 0 saturated heterocycles. The van der Waals surface area contributed by atoms with Gasteiger partial charge in [-0.05, 0) is 60.0 Å². The summed E-state index contributed by atoms with van der Waals surface area (Å²) in [6, 6.07) is 20.7. The van der Waals surface area contributed by atoms with Crippen LogP contribution < -0.4 is 24.3 Å². The van der Waals surface area contributed by atoms with Gasteiger partial charge in [0.25, 0.3) is 0 Å². The van der Waals surface area contributed by atoms with Gasteiger partial charge >= 0.3 is 0 Å². The van der Waals surface area contributed by atoms with Gasteiger partial charge in [0.1, 0.15) is 11.5 Å². The lowest BCUT2D eigenvalue weighted by atomic mass is 10.0. The number of benzene rings is 3. The zero-order valence-electron chi connectivity index (χ0n) is 18.3. The predicted octanol–water partition coefficient (Wildman–Crippen LogP) is 5.38. The van der Waals surface area contributed by atoms with Crippen molar-refractivity contribution in [2.24, 2.45) is 0 Å². The number of rotatable bonds is 7. The first-order valence-corrected chi connectivity index (χ1v) is 10.6. The minimum absolute atomic E-state index is 0.193. The molecule has 0 aromatic heterocycles. The third-order valence-electron chi connectivity index (χ3n) is 5.53. The third kappa shape index (κ3) is 4.94. The van der Waals surface area contributed by atoms with Crippen molar-refractivity contribution in [3.8, 4) is 34.1 Å². The maximum atomic E-state index is 5.87. The molecule has 0 aliphatic carbocycles. The van der Waals surface area contributed by atoms with Gasteiger partial charge in [-0.1, -0.05) is 24.3 Å². The molecular weight excluding hydrogens is 390 g/mol. The summed E-state index contributed by atoms with van der Waals surface area (Å²) < 4.78 is 22.6. The SMILES string of the molecule is COc1cccc([C@@H](C)NCc2ccc(OC)c(-c3ccc4c(c3)OCCCO4)c2)c1. The highest BCUT2D eigenvalue weighted by molar-refractivity contribution is 5.73. The second kappa shape index (κ2) is 9.75. The van der Waals surface area contributed by atoms with E-state index in [2.05, 4.69) is 42.6 Å². The summed E-state index contributed by atoms with van der Waals surface area (Å²) in [6.07, 6.45) is 0.889. The van der Waals surface area contributed by atoms with Crippen LogP contribution in [0.4, 0.5) is 0 Å². The summed E-state index contributed by atoms with van der Waals surface area (Å²) in [4.78, 5) is 0. The van der Waals surface area contributed by atoms with E-state index in [0.717, 1.165) is 47.1 Å². The molecular formula is C26H29NO4. The molecule has 0 fully saturated rings. The van der Waals surface area contributed by atoms with E-state index >= 15 is 0 Å². The van der Waals surface area contributed by atoms with Crippen molar-refractivity contribution in [1.82, 2.24) is 5.32 Å². The van der Waals surface area contributed by atoms with Crippen LogP contribution in [-0.4, -0.2) is 27.4 Å². The monoisotopic (exact) mass is 419 g/mol. The van der Waals surface area contributed by atoms with Gasteiger partial charge in [0.15, 0.2) is 11.5 Å². The van der Waals surface area contributed by atoms with Crippen LogP contribution in [0.3, 0.4) is 0 Å². The molecule has 0 unspecified atom stereocenters. The molecule has 0 saturated carbocycles. The Kier molecular flexibility index (Phi) is 6.63. The average molecular weight is 420 g/mol. The van der Waals surface area contributed by atoms with Gasteiger partial charge in [-0.15, -0.1) is 0 Å². The molecule has 0 spiro atoms. The lowest BCUT2D eigenvalue weighted by molar-refractivity contribution is 0.297. The van der Waals surface area contributed by atoms with E-state index in [0.29, 0.717) is 13.2 Å². The zero-order chi connectivity index (χ0) is 21.6. The molecule has 1 aliphatic heterocycles. The van der Waals surface area contributed by atoms with Crippen LogP contribution in [0.5, 0.6) is 23.0 Å². The Balaban J connectivity index is 1.54. The maximum Gasteiger partial charge on any atom is 0.161 e. The van der Waals surface area contributed by atoms with Crippen molar-refractivity contribution in [1.29, 1.82) is 0 Å². The van der Waals surface area contributed by atoms with E-state index < -0.39 is 0 Å². The van der Waals surface area contributed by atoms with Gasteiger partial charge < -0.3 is 24.3 Å². The van der Waals surface area contributed by atoms with Crippen LogP contribution in [-0.2, 0) is 6.54 Å². The van der Waals surface area contributed by atoms with Crippen LogP contribution in [0.2, 0.25) is 0 Å². The lowest BCUT2D eigenvalue weighted by Gasteiger charge is -2.17. The zero-order valence-corrected chi connectivity index (χ0v) is 18.3. The third-order valence-corrected chi connectivity index (χ3v) is 5.53. The quantitative estimate of drug-likeness (QED) is 0.557. The number of hydrogen-bond acceptors (Lipinski definition) is 5. The van der Waals surface area contributed by atoms with E-state index in [-0.39, 0.29) is 6.04 Å². The minimum Gasteiger partial charge on any atom is -0.497 e. The fraction of sp³-hybridized carbons (Fsp3) is 0.308. The van der Waals surface area contributed by atoms with Crippen molar-refractivity contribution in [2.75, 3.05) is 27.4 Å². The normalized spacial score (nSPS) is 13.9. The van der Waals surface area contributed by atoms with E-state index in [9.17, 15) is 0 Å². The average Bonchev–Trinajstić information content (AvgIpc) is 3.07. The van der Waals surface area contributed by atoms with Crippen molar-refractivity contribution in [3.05, 3.63) is 71.8 Å². The standard InChI is InChI=1S/C26H29NO4/c1-18(20-6-4-7-22(15-20)28-2)27-17-19-8-10-24(29-3)23(14-19)21-9-11-25-26(16-21)31-13-5-12-30-25/h4,6-11,14-16,18,27H,5,12-13,17H2,1-3H3/t18-/m1/s1. The van der Waals surface area contributed by atoms with Crippen molar-refractivity contribution in [2.45, 2.75) is 25.9 Å². The van der Waals surface area contributed by atoms with Gasteiger partial charge in [0.2, 0.25) is 0 Å². The molecule has 31 heavy (non-hydrogen) atoms. The van der Waals surface area contributed by atoms with Gasteiger partial charge in [-0.2, -0.15) is 0 Å². The molecule has 3 aromatic carbocycles. The molecule has 3 aromatic rings. The Morgan fingerprint density at radius 1 is 0.903 bits per heavy atom. The first-order chi connectivity index (χ1) is 15.2. The highest BCUT2D eigenvalue weighted by Crippen LogP contribution is 2.38. The summed E-state index contributed by atoms with van der Waals surface area (Å²) in [5, 5.41) is 3.60. The lowest BCUT2D eigenvalue weighted by Crippen LogP contribution is -2.18. The smallest absolute Gasteiger partial charge is 0.161 e. The molecule has 1 heterocycles. The molecule has 162 valence electrons. The second-order valence-corrected chi connectivity index (χ2v) is 7.63. The summed E-state index contributed by atoms with van der Waals surface area (Å²) in [7, 11) is 3.39. The number of hydrogen-bond donors (Lipinski definition) is 1. The summed E-state index contributed by atoms with van der Waals surface area (Å²) in [5.41, 5.74) is 4.45. The van der Waals surface area contributed by atoms with E-state index in [4.69, 9.17) is 18.9 Å². The summed E-state index contributed by atoms with van der Waals surface area (Å²) in [5.74, 6) is 3.28. The van der Waals surface area contributed by atoms with Crippen LogP contribution in [0.25, 0.3) is 11.1 Å². The van der Waals surface area contributed by atoms with Gasteiger partial charge in [0.05, 0.1) is 27.4 Å². The largest absolute Gasteiger partial charge is 0.497 e. The van der Waals surface area contributed by atoms with E-state index in [1.807, 2.05) is 30.3 Å². The minimum atomic E-state index is 0.193. The number of nitrogens with one attached hydrogen (secondary N) is 1. The first kappa shape index (κ1) is 21.1. The first-order valence-electron chi connectivity index (χ1n) is 10.6. The maximum absolute atomic E-state index is 5.87. The fourth-order valence-electron chi connectivity index (χ4n) is 3.72. The van der Waals surface area contributed by atoms with Crippen molar-refractivity contribution >= 4 is 0 Å². The van der Waals surface area contributed by atoms with Gasteiger partial charge in [0, 0.05) is 24.6 Å². The second-order valence-electron chi connectivity index (χ2n) is 7.63. The predicted molar refractivity (Wildman–Crippen MR) is 122 cm³/mol. The van der Waals surface area contributed by atoms with E-state index in [1.54, 1.807) is 14.2 Å². The topological polar surface area (TPSA) is 49.0 Å². The Hall–Kier alpha value is -3.18. The van der Waals surface area contributed by atoms with Crippen LogP contribution in [0.1, 0.15) is 30.5 Å². The number of ether oxygens (including phenoxy) is 4. The molecule has 5 nitrogen and oxygen atoms in total. The summed E-state index contributed by atoms with van der Waals surface area (Å²) in [6.45, 7) is 4.24. The van der Waals surface area contributed by atoms with Crippen LogP contribution in [0, 0.1) is 0 Å². The Morgan fingerprint density at radius 2 is 1.74 bits per heavy atom. The number of fused-ring (bicyclic) bond motifs is 1. The highest BCUT2D eigenvalue weighted by Gasteiger charge is 2.14. The molecule has 4 rings (SSSR count). The Morgan fingerprint density at radius 3 is 2.55 bits per heavy atom. The van der Waals surface area contributed by atoms with Crippen LogP contribution in [0.15, 0.2) is 60.7 Å². The molecule has 1 N–H and O–H groups in total. The highest BCUT2D eigenvalue weighted by atomic mass is 16.5. The van der Waals surface area contributed by atoms with Crippen LogP contribution >= 0.6 is 0 Å². The molecule has 0 amide bonds. The molecule has 0 radical (unpaired) electrons.